The second-order valence-corrected chi connectivity index (χ2v) is 5.26. The second-order valence-electron chi connectivity index (χ2n) is 5.26. The highest BCUT2D eigenvalue weighted by molar-refractivity contribution is 5.98. The maximum absolute atomic E-state index is 12.3. The Kier molecular flexibility index (Phi) is 4.56. The molecule has 2 aromatic rings. The van der Waals surface area contributed by atoms with E-state index in [1.807, 2.05) is 0 Å². The van der Waals surface area contributed by atoms with Crippen molar-refractivity contribution in [3.63, 3.8) is 0 Å². The van der Waals surface area contributed by atoms with Crippen LogP contribution in [0.1, 0.15) is 22.1 Å². The van der Waals surface area contributed by atoms with Crippen LogP contribution in [0, 0.1) is 0 Å². The molecule has 0 unspecified atom stereocenters. The number of benzene rings is 2. The molecule has 0 aliphatic carbocycles. The number of carbonyl (C=O) groups is 1. The average molecular weight is 345 g/mol. The first-order valence-electron chi connectivity index (χ1n) is 7.57. The van der Waals surface area contributed by atoms with Crippen LogP contribution in [0.2, 0.25) is 0 Å². The molecule has 7 nitrogen and oxygen atoms in total. The molecule has 0 fully saturated rings. The molecule has 1 aliphatic rings. The quantitative estimate of drug-likeness (QED) is 0.807. The first-order valence-corrected chi connectivity index (χ1v) is 7.57. The van der Waals surface area contributed by atoms with Gasteiger partial charge in [0.25, 0.3) is 0 Å². The Morgan fingerprint density at radius 2 is 1.64 bits per heavy atom. The number of rotatable bonds is 6. The van der Waals surface area contributed by atoms with E-state index in [4.69, 9.17) is 23.7 Å². The zero-order valence-electron chi connectivity index (χ0n) is 14.4. The van der Waals surface area contributed by atoms with Crippen molar-refractivity contribution in [2.75, 3.05) is 33.8 Å². The van der Waals surface area contributed by atoms with Gasteiger partial charge in [0.1, 0.15) is 17.1 Å². The molecule has 7 heteroatoms. The number of fused-ring (bicyclic) bond motifs is 1. The lowest BCUT2D eigenvalue weighted by Crippen LogP contribution is -2.11. The molecule has 25 heavy (non-hydrogen) atoms. The molecule has 0 radical (unpaired) electrons. The lowest BCUT2D eigenvalue weighted by Gasteiger charge is -2.18. The summed E-state index contributed by atoms with van der Waals surface area (Å²) in [6, 6.07) is 8.83. The normalized spacial score (nSPS) is 15.2. The number of nitrogens with one attached hydrogen (secondary N) is 1. The largest absolute Gasteiger partial charge is 0.497 e. The summed E-state index contributed by atoms with van der Waals surface area (Å²) < 4.78 is 26.6. The number of ether oxygens (including phenoxy) is 5. The predicted octanol–water partition coefficient (Wildman–Crippen LogP) is 3.00. The van der Waals surface area contributed by atoms with Gasteiger partial charge in [-0.2, -0.15) is 0 Å². The lowest BCUT2D eigenvalue weighted by atomic mass is 10.1. The molecular formula is C18H19NO6. The summed E-state index contributed by atoms with van der Waals surface area (Å²) in [4.78, 5) is 12.3. The molecule has 0 spiro atoms. The molecule has 1 N–H and O–H groups in total. The summed E-state index contributed by atoms with van der Waals surface area (Å²) in [5.41, 5.74) is 1.65. The van der Waals surface area contributed by atoms with Crippen LogP contribution in [0.5, 0.6) is 23.0 Å². The molecule has 0 aromatic heterocycles. The number of methoxy groups -OCH3 is 4. The molecular weight excluding hydrogens is 326 g/mol. The number of hydrogen-bond acceptors (Lipinski definition) is 7. The van der Waals surface area contributed by atoms with Crippen LogP contribution in [-0.2, 0) is 4.74 Å². The number of esters is 1. The van der Waals surface area contributed by atoms with Crippen molar-refractivity contribution in [3.8, 4) is 23.0 Å². The van der Waals surface area contributed by atoms with Gasteiger partial charge in [0.15, 0.2) is 11.5 Å². The van der Waals surface area contributed by atoms with Crippen molar-refractivity contribution in [2.24, 2.45) is 0 Å². The molecule has 0 saturated heterocycles. The van der Waals surface area contributed by atoms with Gasteiger partial charge in [-0.15, -0.1) is 0 Å². The summed E-state index contributed by atoms with van der Waals surface area (Å²) in [5.74, 6) is 1.60. The lowest BCUT2D eigenvalue weighted by molar-refractivity contribution is 0.0434. The Balaban J connectivity index is 1.99. The third-order valence-electron chi connectivity index (χ3n) is 3.98. The van der Waals surface area contributed by atoms with E-state index in [0.29, 0.717) is 39.8 Å². The molecule has 3 rings (SSSR count). The van der Waals surface area contributed by atoms with Crippen molar-refractivity contribution < 1.29 is 28.5 Å². The van der Waals surface area contributed by atoms with Crippen molar-refractivity contribution in [2.45, 2.75) is 6.23 Å². The average Bonchev–Trinajstić information content (AvgIpc) is 2.96. The van der Waals surface area contributed by atoms with Crippen LogP contribution in [-0.4, -0.2) is 34.4 Å². The highest BCUT2D eigenvalue weighted by Gasteiger charge is 2.36. The fourth-order valence-corrected chi connectivity index (χ4v) is 2.78. The minimum absolute atomic E-state index is 0.348. The Morgan fingerprint density at radius 1 is 0.920 bits per heavy atom. The standard InChI is InChI=1S/C18H19NO6/c1-21-10-5-7-13(22-2)12(9-10)19-17-11-6-8-14(23-3)16(24-4)15(11)18(20)25-17/h5-9,17,19H,1-4H3/t17-/m1/s1. The van der Waals surface area contributed by atoms with E-state index in [-0.39, 0.29) is 0 Å². The minimum Gasteiger partial charge on any atom is -0.497 e. The van der Waals surface area contributed by atoms with E-state index in [0.717, 1.165) is 0 Å². The summed E-state index contributed by atoms with van der Waals surface area (Å²) in [5, 5.41) is 3.17. The first-order chi connectivity index (χ1) is 12.1. The molecule has 0 saturated carbocycles. The third-order valence-corrected chi connectivity index (χ3v) is 3.98. The Labute approximate surface area is 145 Å². The predicted molar refractivity (Wildman–Crippen MR) is 90.9 cm³/mol. The smallest absolute Gasteiger partial charge is 0.344 e. The van der Waals surface area contributed by atoms with Crippen LogP contribution >= 0.6 is 0 Å². The van der Waals surface area contributed by atoms with E-state index >= 15 is 0 Å². The Bertz CT molecular complexity index is 804. The minimum atomic E-state index is -0.677. The van der Waals surface area contributed by atoms with Gasteiger partial charge in [-0.05, 0) is 24.3 Å². The SMILES string of the molecule is COc1ccc(OC)c(N[C@@H]2OC(=O)c3c2ccc(OC)c3OC)c1. The van der Waals surface area contributed by atoms with Gasteiger partial charge in [0.05, 0.1) is 34.1 Å². The van der Waals surface area contributed by atoms with E-state index in [9.17, 15) is 4.79 Å². The van der Waals surface area contributed by atoms with Crippen molar-refractivity contribution >= 4 is 11.7 Å². The molecule has 2 aromatic carbocycles. The number of carbonyl (C=O) groups excluding carboxylic acids is 1. The number of hydrogen-bond donors (Lipinski definition) is 1. The van der Waals surface area contributed by atoms with Crippen LogP contribution in [0.25, 0.3) is 0 Å². The highest BCUT2D eigenvalue weighted by atomic mass is 16.6. The third kappa shape index (κ3) is 2.88. The van der Waals surface area contributed by atoms with Crippen LogP contribution in [0.4, 0.5) is 5.69 Å². The fraction of sp³-hybridized carbons (Fsp3) is 0.278. The van der Waals surface area contributed by atoms with E-state index in [1.165, 1.54) is 14.2 Å². The number of anilines is 1. The second kappa shape index (κ2) is 6.80. The monoisotopic (exact) mass is 345 g/mol. The van der Waals surface area contributed by atoms with Crippen LogP contribution < -0.4 is 24.3 Å². The Hall–Kier alpha value is -3.09. The summed E-state index contributed by atoms with van der Waals surface area (Å²) in [7, 11) is 6.14. The topological polar surface area (TPSA) is 75.2 Å². The van der Waals surface area contributed by atoms with E-state index < -0.39 is 12.2 Å². The maximum Gasteiger partial charge on any atom is 0.344 e. The van der Waals surface area contributed by atoms with Gasteiger partial charge in [-0.25, -0.2) is 4.79 Å². The zero-order chi connectivity index (χ0) is 18.0. The van der Waals surface area contributed by atoms with Crippen LogP contribution in [0.15, 0.2) is 30.3 Å². The molecule has 1 aliphatic heterocycles. The van der Waals surface area contributed by atoms with Crippen molar-refractivity contribution in [3.05, 3.63) is 41.5 Å². The van der Waals surface area contributed by atoms with Gasteiger partial charge >= 0.3 is 5.97 Å². The Morgan fingerprint density at radius 3 is 2.28 bits per heavy atom. The zero-order valence-corrected chi connectivity index (χ0v) is 14.4. The maximum atomic E-state index is 12.3. The molecule has 0 bridgehead atoms. The molecule has 1 atom stereocenters. The van der Waals surface area contributed by atoms with E-state index in [2.05, 4.69) is 5.32 Å². The van der Waals surface area contributed by atoms with Gasteiger partial charge in [0.2, 0.25) is 6.23 Å². The summed E-state index contributed by atoms with van der Waals surface area (Å²) in [6.07, 6.45) is -0.677. The summed E-state index contributed by atoms with van der Waals surface area (Å²) in [6.45, 7) is 0. The number of cyclic esters (lactones) is 1. The van der Waals surface area contributed by atoms with Crippen molar-refractivity contribution in [1.82, 2.24) is 0 Å². The van der Waals surface area contributed by atoms with Crippen LogP contribution in [0.3, 0.4) is 0 Å². The van der Waals surface area contributed by atoms with Gasteiger partial charge in [-0.1, -0.05) is 0 Å². The molecule has 0 amide bonds. The fourth-order valence-electron chi connectivity index (χ4n) is 2.78. The highest BCUT2D eigenvalue weighted by Crippen LogP contribution is 2.43. The van der Waals surface area contributed by atoms with E-state index in [1.54, 1.807) is 44.6 Å². The van der Waals surface area contributed by atoms with Crippen molar-refractivity contribution in [1.29, 1.82) is 0 Å². The van der Waals surface area contributed by atoms with Gasteiger partial charge in [-0.3, -0.25) is 0 Å². The summed E-state index contributed by atoms with van der Waals surface area (Å²) >= 11 is 0. The van der Waals surface area contributed by atoms with Gasteiger partial charge in [0, 0.05) is 11.6 Å². The molecule has 1 heterocycles. The molecule has 132 valence electrons. The van der Waals surface area contributed by atoms with Gasteiger partial charge < -0.3 is 29.0 Å². The first kappa shape index (κ1) is 16.8.